The molecule has 0 aromatic carbocycles. The van der Waals surface area contributed by atoms with E-state index in [-0.39, 0.29) is 5.56 Å². The molecule has 0 aliphatic heterocycles. The Hall–Kier alpha value is -2.64. The first-order chi connectivity index (χ1) is 9.10. The number of nitrogen functional groups attached to an aromatic ring is 1. The molecule has 2 aromatic heterocycles. The van der Waals surface area contributed by atoms with Crippen LogP contribution in [0.15, 0.2) is 18.6 Å². The van der Waals surface area contributed by atoms with Crippen molar-refractivity contribution in [3.8, 4) is 0 Å². The van der Waals surface area contributed by atoms with Crippen molar-refractivity contribution in [2.24, 2.45) is 7.05 Å². The van der Waals surface area contributed by atoms with Gasteiger partial charge in [-0.2, -0.15) is 5.10 Å². The Balaban J connectivity index is 2.17. The van der Waals surface area contributed by atoms with Gasteiger partial charge in [0.15, 0.2) is 5.82 Å². The van der Waals surface area contributed by atoms with E-state index in [0.717, 1.165) is 0 Å². The number of carbonyl (C=O) groups excluding carboxylic acids is 1. The number of rotatable bonds is 4. The number of methoxy groups -OCH3 is 1. The zero-order chi connectivity index (χ0) is 13.8. The van der Waals surface area contributed by atoms with Crippen molar-refractivity contribution in [3.63, 3.8) is 0 Å². The number of esters is 1. The predicted octanol–water partition coefficient (Wildman–Crippen LogP) is 0.191. The zero-order valence-corrected chi connectivity index (χ0v) is 10.6. The largest absolute Gasteiger partial charge is 0.465 e. The molecule has 0 amide bonds. The zero-order valence-electron chi connectivity index (χ0n) is 10.6. The first kappa shape index (κ1) is 12.8. The highest BCUT2D eigenvalue weighted by Crippen LogP contribution is 2.17. The van der Waals surface area contributed by atoms with Gasteiger partial charge in [-0.1, -0.05) is 0 Å². The first-order valence-corrected chi connectivity index (χ1v) is 5.52. The lowest BCUT2D eigenvalue weighted by Crippen LogP contribution is -2.11. The maximum absolute atomic E-state index is 11.6. The Kier molecular flexibility index (Phi) is 3.60. The molecule has 0 saturated heterocycles. The van der Waals surface area contributed by atoms with E-state index < -0.39 is 5.97 Å². The number of pyridine rings is 1. The molecule has 0 radical (unpaired) electrons. The van der Waals surface area contributed by atoms with Gasteiger partial charge in [0.2, 0.25) is 0 Å². The number of ether oxygens (including phenoxy) is 1. The number of hydrogen-bond acceptors (Lipinski definition) is 7. The lowest BCUT2D eigenvalue weighted by atomic mass is 10.2. The second-order valence-corrected chi connectivity index (χ2v) is 3.84. The fourth-order valence-electron chi connectivity index (χ4n) is 1.52. The molecule has 0 saturated carbocycles. The molecule has 0 bridgehead atoms. The van der Waals surface area contributed by atoms with Crippen LogP contribution in [0.25, 0.3) is 0 Å². The number of anilines is 2. The molecule has 3 N–H and O–H groups in total. The molecular weight excluding hydrogens is 248 g/mol. The van der Waals surface area contributed by atoms with Gasteiger partial charge in [0.1, 0.15) is 17.7 Å². The van der Waals surface area contributed by atoms with Crippen molar-refractivity contribution >= 4 is 17.5 Å². The minimum absolute atomic E-state index is 0.276. The molecule has 0 aliphatic carbocycles. The van der Waals surface area contributed by atoms with Crippen molar-refractivity contribution < 1.29 is 9.53 Å². The van der Waals surface area contributed by atoms with Gasteiger partial charge in [-0.3, -0.25) is 4.68 Å². The number of nitrogens with one attached hydrogen (secondary N) is 1. The third-order valence-electron chi connectivity index (χ3n) is 2.38. The molecule has 0 fully saturated rings. The highest BCUT2D eigenvalue weighted by Gasteiger charge is 2.14. The molecule has 100 valence electrons. The average molecular weight is 262 g/mol. The van der Waals surface area contributed by atoms with E-state index in [1.54, 1.807) is 18.1 Å². The van der Waals surface area contributed by atoms with Crippen LogP contribution >= 0.6 is 0 Å². The van der Waals surface area contributed by atoms with Crippen molar-refractivity contribution in [3.05, 3.63) is 30.0 Å². The Labute approximate surface area is 109 Å². The van der Waals surface area contributed by atoms with Crippen LogP contribution in [0.5, 0.6) is 0 Å². The second kappa shape index (κ2) is 5.34. The summed E-state index contributed by atoms with van der Waals surface area (Å²) >= 11 is 0. The van der Waals surface area contributed by atoms with Crippen LogP contribution in [0.1, 0.15) is 16.2 Å². The Morgan fingerprint density at radius 1 is 1.53 bits per heavy atom. The summed E-state index contributed by atoms with van der Waals surface area (Å²) in [4.78, 5) is 19.7. The number of nitrogens with zero attached hydrogens (tertiary/aromatic N) is 4. The summed E-state index contributed by atoms with van der Waals surface area (Å²) in [7, 11) is 3.08. The Bertz CT molecular complexity index is 595. The molecule has 2 aromatic rings. The molecule has 0 aliphatic rings. The third kappa shape index (κ3) is 2.97. The highest BCUT2D eigenvalue weighted by atomic mass is 16.5. The summed E-state index contributed by atoms with van der Waals surface area (Å²) < 4.78 is 6.27. The van der Waals surface area contributed by atoms with Crippen LogP contribution in [0.4, 0.5) is 11.5 Å². The maximum Gasteiger partial charge on any atom is 0.341 e. The fraction of sp³-hybridized carbons (Fsp3) is 0.273. The van der Waals surface area contributed by atoms with E-state index in [1.807, 2.05) is 0 Å². The van der Waals surface area contributed by atoms with Crippen LogP contribution < -0.4 is 11.1 Å². The minimum Gasteiger partial charge on any atom is -0.465 e. The van der Waals surface area contributed by atoms with E-state index in [2.05, 4.69) is 25.1 Å². The molecule has 0 spiro atoms. The predicted molar refractivity (Wildman–Crippen MR) is 68.3 cm³/mol. The molecule has 19 heavy (non-hydrogen) atoms. The Morgan fingerprint density at radius 3 is 2.95 bits per heavy atom. The van der Waals surface area contributed by atoms with E-state index >= 15 is 0 Å². The molecule has 2 rings (SSSR count). The van der Waals surface area contributed by atoms with Crippen molar-refractivity contribution in [1.82, 2.24) is 19.7 Å². The van der Waals surface area contributed by atoms with E-state index in [1.165, 1.54) is 19.4 Å². The standard InChI is InChI=1S/C11H14N6O2/c1-17-6-15-9(16-17)5-14-10-8(11(18)19-2)3-7(12)4-13-10/h3-4,6H,5,12H2,1-2H3,(H,13,14). The van der Waals surface area contributed by atoms with Gasteiger partial charge in [0.05, 0.1) is 25.5 Å². The lowest BCUT2D eigenvalue weighted by molar-refractivity contribution is 0.0601. The molecule has 8 nitrogen and oxygen atoms in total. The van der Waals surface area contributed by atoms with E-state index in [9.17, 15) is 4.79 Å². The van der Waals surface area contributed by atoms with Gasteiger partial charge in [-0.15, -0.1) is 0 Å². The summed E-state index contributed by atoms with van der Waals surface area (Å²) in [5.74, 6) is 0.474. The topological polar surface area (TPSA) is 108 Å². The number of carbonyl (C=O) groups is 1. The van der Waals surface area contributed by atoms with Crippen LogP contribution in [-0.4, -0.2) is 32.8 Å². The molecule has 0 atom stereocenters. The normalized spacial score (nSPS) is 10.2. The van der Waals surface area contributed by atoms with Crippen molar-refractivity contribution in [2.45, 2.75) is 6.54 Å². The van der Waals surface area contributed by atoms with E-state index in [4.69, 9.17) is 5.73 Å². The summed E-state index contributed by atoms with van der Waals surface area (Å²) in [6.07, 6.45) is 3.05. The van der Waals surface area contributed by atoms with Crippen molar-refractivity contribution in [2.75, 3.05) is 18.2 Å². The van der Waals surface area contributed by atoms with Gasteiger partial charge < -0.3 is 15.8 Å². The summed E-state index contributed by atoms with van der Waals surface area (Å²) in [6.45, 7) is 0.349. The number of aromatic nitrogens is 4. The molecule has 0 unspecified atom stereocenters. The first-order valence-electron chi connectivity index (χ1n) is 5.52. The van der Waals surface area contributed by atoms with Crippen LogP contribution in [0.3, 0.4) is 0 Å². The second-order valence-electron chi connectivity index (χ2n) is 3.84. The SMILES string of the molecule is COC(=O)c1cc(N)cnc1NCc1ncn(C)n1. The van der Waals surface area contributed by atoms with Crippen LogP contribution in [0, 0.1) is 0 Å². The summed E-state index contributed by atoms with van der Waals surface area (Å²) in [5.41, 5.74) is 6.27. The summed E-state index contributed by atoms with van der Waals surface area (Å²) in [5, 5.41) is 7.09. The van der Waals surface area contributed by atoms with Gasteiger partial charge in [-0.25, -0.2) is 14.8 Å². The molecular formula is C11H14N6O2. The monoisotopic (exact) mass is 262 g/mol. The van der Waals surface area contributed by atoms with Gasteiger partial charge in [-0.05, 0) is 6.07 Å². The van der Waals surface area contributed by atoms with Gasteiger partial charge >= 0.3 is 5.97 Å². The molecule has 2 heterocycles. The number of hydrogen-bond donors (Lipinski definition) is 2. The molecule has 8 heteroatoms. The van der Waals surface area contributed by atoms with Crippen molar-refractivity contribution in [1.29, 1.82) is 0 Å². The highest BCUT2D eigenvalue weighted by molar-refractivity contribution is 5.95. The van der Waals surface area contributed by atoms with Gasteiger partial charge in [0.25, 0.3) is 0 Å². The third-order valence-corrected chi connectivity index (χ3v) is 2.38. The lowest BCUT2D eigenvalue weighted by Gasteiger charge is -2.08. The Morgan fingerprint density at radius 2 is 2.32 bits per heavy atom. The smallest absolute Gasteiger partial charge is 0.341 e. The number of nitrogens with two attached hydrogens (primary N) is 1. The van der Waals surface area contributed by atoms with Crippen LogP contribution in [0.2, 0.25) is 0 Å². The minimum atomic E-state index is -0.503. The quantitative estimate of drug-likeness (QED) is 0.757. The number of aryl methyl sites for hydroxylation is 1. The van der Waals surface area contributed by atoms with Gasteiger partial charge in [0, 0.05) is 7.05 Å². The van der Waals surface area contributed by atoms with E-state index in [0.29, 0.717) is 23.9 Å². The maximum atomic E-state index is 11.6. The average Bonchev–Trinajstić information content (AvgIpc) is 2.82. The summed E-state index contributed by atoms with van der Waals surface area (Å²) in [6, 6.07) is 1.51. The van der Waals surface area contributed by atoms with Crippen LogP contribution in [-0.2, 0) is 18.3 Å². The fourth-order valence-corrected chi connectivity index (χ4v) is 1.52.